The molecule has 1 aliphatic heterocycles. The molecule has 2 heterocycles. The number of carbonyl (C=O) groups excluding carboxylic acids is 1. The number of hydrogen-bond donors (Lipinski definition) is 1. The van der Waals surface area contributed by atoms with Gasteiger partial charge in [0.1, 0.15) is 6.26 Å². The van der Waals surface area contributed by atoms with Gasteiger partial charge in [-0.05, 0) is 31.5 Å². The van der Waals surface area contributed by atoms with E-state index in [4.69, 9.17) is 4.42 Å². The molecular weight excluding hydrogens is 314 g/mol. The molecule has 1 N–H and O–H groups in total. The lowest BCUT2D eigenvalue weighted by Crippen LogP contribution is -2.42. The van der Waals surface area contributed by atoms with Crippen LogP contribution in [-0.4, -0.2) is 41.5 Å². The lowest BCUT2D eigenvalue weighted by Gasteiger charge is -2.27. The second-order valence-electron chi connectivity index (χ2n) is 5.55. The third-order valence-corrected chi connectivity index (χ3v) is 3.94. The van der Waals surface area contributed by atoms with E-state index < -0.39 is 0 Å². The summed E-state index contributed by atoms with van der Waals surface area (Å²) in [6.07, 6.45) is 3.40. The highest BCUT2D eigenvalue weighted by molar-refractivity contribution is 5.92. The van der Waals surface area contributed by atoms with Crippen LogP contribution >= 0.6 is 12.4 Å². The minimum absolute atomic E-state index is 0. The van der Waals surface area contributed by atoms with Crippen LogP contribution < -0.4 is 5.32 Å². The number of nitrogens with one attached hydrogen (secondary N) is 1. The standard InChI is InChI=1S/C17H21N3O2.ClH/c1-2-10-20(14-8-9-18-11-14)17(21)15-12-22-16(19-15)13-6-4-3-5-7-13;/h3-7,12,14,18H,2,8-11H2,1H3;1H. The van der Waals surface area contributed by atoms with Gasteiger partial charge in [-0.15, -0.1) is 12.4 Å². The van der Waals surface area contributed by atoms with Crippen LogP contribution in [0.4, 0.5) is 0 Å². The normalized spacial score (nSPS) is 16.8. The average molecular weight is 336 g/mol. The summed E-state index contributed by atoms with van der Waals surface area (Å²) in [4.78, 5) is 19.0. The Labute approximate surface area is 142 Å². The summed E-state index contributed by atoms with van der Waals surface area (Å²) in [6.45, 7) is 4.65. The molecule has 1 aromatic heterocycles. The summed E-state index contributed by atoms with van der Waals surface area (Å²) < 4.78 is 5.49. The fraction of sp³-hybridized carbons (Fsp3) is 0.412. The summed E-state index contributed by atoms with van der Waals surface area (Å²) in [6, 6.07) is 9.89. The molecule has 5 nitrogen and oxygen atoms in total. The van der Waals surface area contributed by atoms with Crippen molar-refractivity contribution >= 4 is 18.3 Å². The van der Waals surface area contributed by atoms with E-state index in [1.54, 1.807) is 0 Å². The quantitative estimate of drug-likeness (QED) is 0.912. The Morgan fingerprint density at radius 3 is 2.83 bits per heavy atom. The molecule has 1 atom stereocenters. The van der Waals surface area contributed by atoms with Crippen molar-refractivity contribution in [2.45, 2.75) is 25.8 Å². The first-order chi connectivity index (χ1) is 10.8. The van der Waals surface area contributed by atoms with Crippen LogP contribution in [0.5, 0.6) is 0 Å². The summed E-state index contributed by atoms with van der Waals surface area (Å²) in [5, 5.41) is 3.31. The van der Waals surface area contributed by atoms with E-state index in [0.717, 1.165) is 38.0 Å². The van der Waals surface area contributed by atoms with Gasteiger partial charge >= 0.3 is 0 Å². The van der Waals surface area contributed by atoms with Gasteiger partial charge in [-0.2, -0.15) is 0 Å². The van der Waals surface area contributed by atoms with E-state index >= 15 is 0 Å². The molecule has 3 rings (SSSR count). The van der Waals surface area contributed by atoms with Crippen LogP contribution in [0.1, 0.15) is 30.3 Å². The van der Waals surface area contributed by atoms with Gasteiger partial charge in [0.2, 0.25) is 5.89 Å². The van der Waals surface area contributed by atoms with E-state index in [9.17, 15) is 4.79 Å². The lowest BCUT2D eigenvalue weighted by molar-refractivity contribution is 0.0686. The number of carbonyl (C=O) groups is 1. The van der Waals surface area contributed by atoms with Crippen LogP contribution in [0.25, 0.3) is 11.5 Å². The van der Waals surface area contributed by atoms with Gasteiger partial charge in [-0.3, -0.25) is 4.79 Å². The molecule has 1 saturated heterocycles. The Hall–Kier alpha value is -1.85. The molecule has 0 bridgehead atoms. The maximum absolute atomic E-state index is 12.7. The topological polar surface area (TPSA) is 58.4 Å². The van der Waals surface area contributed by atoms with E-state index in [1.165, 1.54) is 6.26 Å². The van der Waals surface area contributed by atoms with Crippen LogP contribution in [0, 0.1) is 0 Å². The number of rotatable bonds is 5. The Kier molecular flexibility index (Phi) is 6.19. The predicted octanol–water partition coefficient (Wildman–Crippen LogP) is 2.98. The molecule has 0 spiro atoms. The van der Waals surface area contributed by atoms with Gasteiger partial charge in [0.25, 0.3) is 5.91 Å². The van der Waals surface area contributed by atoms with E-state index in [0.29, 0.717) is 11.6 Å². The first kappa shape index (κ1) is 17.5. The van der Waals surface area contributed by atoms with Crippen molar-refractivity contribution in [2.24, 2.45) is 0 Å². The van der Waals surface area contributed by atoms with Crippen LogP contribution in [0.3, 0.4) is 0 Å². The second-order valence-corrected chi connectivity index (χ2v) is 5.55. The lowest BCUT2D eigenvalue weighted by atomic mass is 10.2. The minimum Gasteiger partial charge on any atom is -0.444 e. The maximum Gasteiger partial charge on any atom is 0.276 e. The molecular formula is C17H22ClN3O2. The third-order valence-electron chi connectivity index (χ3n) is 3.94. The van der Waals surface area contributed by atoms with Crippen molar-refractivity contribution in [3.63, 3.8) is 0 Å². The molecule has 1 fully saturated rings. The Bertz CT molecular complexity index is 624. The SMILES string of the molecule is CCCN(C(=O)c1coc(-c2ccccc2)n1)C1CCNC1.Cl. The van der Waals surface area contributed by atoms with Crippen molar-refractivity contribution in [3.8, 4) is 11.5 Å². The van der Waals surface area contributed by atoms with Gasteiger partial charge in [0.05, 0.1) is 0 Å². The summed E-state index contributed by atoms with van der Waals surface area (Å²) in [5.41, 5.74) is 1.27. The van der Waals surface area contributed by atoms with Crippen molar-refractivity contribution < 1.29 is 9.21 Å². The smallest absolute Gasteiger partial charge is 0.276 e. The van der Waals surface area contributed by atoms with Crippen LogP contribution in [-0.2, 0) is 0 Å². The number of benzene rings is 1. The number of hydrogen-bond acceptors (Lipinski definition) is 4. The molecule has 23 heavy (non-hydrogen) atoms. The van der Waals surface area contributed by atoms with Gasteiger partial charge in [-0.1, -0.05) is 25.1 Å². The summed E-state index contributed by atoms with van der Waals surface area (Å²) in [7, 11) is 0. The zero-order valence-corrected chi connectivity index (χ0v) is 14.0. The van der Waals surface area contributed by atoms with Gasteiger partial charge in [0.15, 0.2) is 5.69 Å². The molecule has 1 aromatic carbocycles. The van der Waals surface area contributed by atoms with Crippen molar-refractivity contribution in [2.75, 3.05) is 19.6 Å². The number of halogens is 1. The van der Waals surface area contributed by atoms with Gasteiger partial charge < -0.3 is 14.6 Å². The van der Waals surface area contributed by atoms with Gasteiger partial charge in [0, 0.05) is 24.7 Å². The largest absolute Gasteiger partial charge is 0.444 e. The molecule has 0 aliphatic carbocycles. The molecule has 0 saturated carbocycles. The van der Waals surface area contributed by atoms with E-state index in [2.05, 4.69) is 17.2 Å². The molecule has 1 aliphatic rings. The molecule has 1 unspecified atom stereocenters. The monoisotopic (exact) mass is 335 g/mol. The summed E-state index contributed by atoms with van der Waals surface area (Å²) in [5.74, 6) is 0.450. The fourth-order valence-corrected chi connectivity index (χ4v) is 2.83. The first-order valence-electron chi connectivity index (χ1n) is 7.82. The molecule has 124 valence electrons. The highest BCUT2D eigenvalue weighted by Crippen LogP contribution is 2.20. The molecule has 2 aromatic rings. The Balaban J connectivity index is 0.00000192. The number of oxazole rings is 1. The maximum atomic E-state index is 12.7. The van der Waals surface area contributed by atoms with Gasteiger partial charge in [-0.25, -0.2) is 4.98 Å². The highest BCUT2D eigenvalue weighted by Gasteiger charge is 2.28. The first-order valence-corrected chi connectivity index (χ1v) is 7.82. The van der Waals surface area contributed by atoms with E-state index in [-0.39, 0.29) is 24.4 Å². The van der Waals surface area contributed by atoms with Crippen LogP contribution in [0.15, 0.2) is 41.0 Å². The average Bonchev–Trinajstić information content (AvgIpc) is 3.24. The number of nitrogens with zero attached hydrogens (tertiary/aromatic N) is 2. The zero-order chi connectivity index (χ0) is 15.4. The highest BCUT2D eigenvalue weighted by atomic mass is 35.5. The minimum atomic E-state index is -0.0403. The number of aromatic nitrogens is 1. The Morgan fingerprint density at radius 1 is 1.39 bits per heavy atom. The second kappa shape index (κ2) is 8.13. The zero-order valence-electron chi connectivity index (χ0n) is 13.2. The molecule has 6 heteroatoms. The van der Waals surface area contributed by atoms with Crippen molar-refractivity contribution in [1.82, 2.24) is 15.2 Å². The molecule has 1 amide bonds. The van der Waals surface area contributed by atoms with Crippen molar-refractivity contribution in [3.05, 3.63) is 42.3 Å². The van der Waals surface area contributed by atoms with E-state index in [1.807, 2.05) is 35.2 Å². The summed E-state index contributed by atoms with van der Waals surface area (Å²) >= 11 is 0. The van der Waals surface area contributed by atoms with Crippen molar-refractivity contribution in [1.29, 1.82) is 0 Å². The Morgan fingerprint density at radius 2 is 2.17 bits per heavy atom. The molecule has 0 radical (unpaired) electrons. The fourth-order valence-electron chi connectivity index (χ4n) is 2.83. The third kappa shape index (κ3) is 3.92. The predicted molar refractivity (Wildman–Crippen MR) is 91.8 cm³/mol. The number of amides is 1. The van der Waals surface area contributed by atoms with Crippen LogP contribution in [0.2, 0.25) is 0 Å².